The molecular formula is C14H20BrFN2O2S. The van der Waals surface area contributed by atoms with Crippen molar-refractivity contribution in [3.8, 4) is 0 Å². The van der Waals surface area contributed by atoms with Crippen LogP contribution in [0.5, 0.6) is 0 Å². The Labute approximate surface area is 133 Å². The van der Waals surface area contributed by atoms with E-state index in [9.17, 15) is 12.8 Å². The lowest BCUT2D eigenvalue weighted by Gasteiger charge is -2.31. The third-order valence-electron chi connectivity index (χ3n) is 3.84. The maximum Gasteiger partial charge on any atom is 0.243 e. The quantitative estimate of drug-likeness (QED) is 0.792. The van der Waals surface area contributed by atoms with Gasteiger partial charge in [-0.05, 0) is 59.2 Å². The lowest BCUT2D eigenvalue weighted by Crippen LogP contribution is -2.40. The summed E-state index contributed by atoms with van der Waals surface area (Å²) in [5.74, 6) is 0.114. The molecule has 0 bridgehead atoms. The first-order valence-electron chi connectivity index (χ1n) is 6.96. The number of sulfonamides is 1. The molecule has 0 aromatic heterocycles. The fourth-order valence-electron chi connectivity index (χ4n) is 3.08. The van der Waals surface area contributed by atoms with Crippen molar-refractivity contribution in [2.45, 2.75) is 44.0 Å². The first-order chi connectivity index (χ1) is 9.69. The molecule has 1 fully saturated rings. The molecule has 0 heterocycles. The predicted octanol–water partition coefficient (Wildman–Crippen LogP) is 3.27. The molecule has 1 aromatic rings. The number of hydrogen-bond acceptors (Lipinski definition) is 3. The van der Waals surface area contributed by atoms with Crippen LogP contribution in [0.3, 0.4) is 0 Å². The van der Waals surface area contributed by atoms with Crippen molar-refractivity contribution in [2.75, 3.05) is 5.73 Å². The summed E-state index contributed by atoms with van der Waals surface area (Å²) >= 11 is 3.08. The summed E-state index contributed by atoms with van der Waals surface area (Å²) in [4.78, 5) is -0.394. The van der Waals surface area contributed by atoms with Gasteiger partial charge in [-0.2, -0.15) is 0 Å². The molecule has 7 heteroatoms. The van der Waals surface area contributed by atoms with E-state index in [0.29, 0.717) is 16.3 Å². The van der Waals surface area contributed by atoms with E-state index in [4.69, 9.17) is 5.73 Å². The summed E-state index contributed by atoms with van der Waals surface area (Å²) in [6.45, 7) is 4.21. The van der Waals surface area contributed by atoms with E-state index in [1.807, 2.05) is 0 Å². The van der Waals surface area contributed by atoms with Crippen LogP contribution in [0.2, 0.25) is 0 Å². The molecule has 0 amide bonds. The zero-order valence-electron chi connectivity index (χ0n) is 12.1. The molecule has 3 N–H and O–H groups in total. The maximum atomic E-state index is 13.9. The molecule has 0 saturated heterocycles. The monoisotopic (exact) mass is 378 g/mol. The van der Waals surface area contributed by atoms with Gasteiger partial charge in [-0.3, -0.25) is 0 Å². The van der Waals surface area contributed by atoms with Crippen LogP contribution in [-0.4, -0.2) is 14.5 Å². The minimum Gasteiger partial charge on any atom is -0.398 e. The van der Waals surface area contributed by atoms with Crippen molar-refractivity contribution in [3.63, 3.8) is 0 Å². The third-order valence-corrected chi connectivity index (χ3v) is 6.06. The number of hydrogen-bond donors (Lipinski definition) is 2. The summed E-state index contributed by atoms with van der Waals surface area (Å²) in [5, 5.41) is 0. The van der Waals surface area contributed by atoms with Crippen LogP contribution in [0, 0.1) is 17.7 Å². The highest BCUT2D eigenvalue weighted by atomic mass is 79.9. The third kappa shape index (κ3) is 3.96. The molecule has 2 rings (SSSR count). The van der Waals surface area contributed by atoms with E-state index >= 15 is 0 Å². The summed E-state index contributed by atoms with van der Waals surface area (Å²) in [7, 11) is -3.90. The summed E-state index contributed by atoms with van der Waals surface area (Å²) in [6.07, 6.45) is 2.65. The second-order valence-electron chi connectivity index (χ2n) is 6.04. The van der Waals surface area contributed by atoms with E-state index in [1.54, 1.807) is 0 Å². The zero-order chi connectivity index (χ0) is 15.8. The molecule has 2 atom stereocenters. The first-order valence-corrected chi connectivity index (χ1v) is 9.23. The van der Waals surface area contributed by atoms with Crippen LogP contribution in [0.4, 0.5) is 10.1 Å². The highest BCUT2D eigenvalue weighted by Gasteiger charge is 2.29. The number of nitrogen functional groups attached to an aromatic ring is 1. The van der Waals surface area contributed by atoms with E-state index in [1.165, 1.54) is 0 Å². The van der Waals surface area contributed by atoms with E-state index in [0.717, 1.165) is 31.4 Å². The number of anilines is 1. The molecule has 4 nitrogen and oxygen atoms in total. The van der Waals surface area contributed by atoms with Gasteiger partial charge in [-0.25, -0.2) is 17.5 Å². The van der Waals surface area contributed by atoms with Crippen molar-refractivity contribution in [1.29, 1.82) is 0 Å². The van der Waals surface area contributed by atoms with E-state index < -0.39 is 20.7 Å². The van der Waals surface area contributed by atoms with Crippen molar-refractivity contribution in [1.82, 2.24) is 4.72 Å². The van der Waals surface area contributed by atoms with Gasteiger partial charge < -0.3 is 5.73 Å². The van der Waals surface area contributed by atoms with Crippen molar-refractivity contribution in [2.24, 2.45) is 11.8 Å². The summed E-state index contributed by atoms with van der Waals surface area (Å²) < 4.78 is 41.6. The van der Waals surface area contributed by atoms with Gasteiger partial charge in [0.05, 0.1) is 0 Å². The van der Waals surface area contributed by atoms with Crippen LogP contribution in [0.15, 0.2) is 21.5 Å². The Morgan fingerprint density at radius 2 is 1.81 bits per heavy atom. The van der Waals surface area contributed by atoms with Gasteiger partial charge in [0, 0.05) is 16.2 Å². The fourth-order valence-corrected chi connectivity index (χ4v) is 4.75. The molecular weight excluding hydrogens is 359 g/mol. The van der Waals surface area contributed by atoms with Gasteiger partial charge in [0.25, 0.3) is 0 Å². The molecule has 1 aromatic carbocycles. The lowest BCUT2D eigenvalue weighted by atomic mass is 9.81. The van der Waals surface area contributed by atoms with Gasteiger partial charge in [-0.1, -0.05) is 13.8 Å². The Morgan fingerprint density at radius 3 is 2.38 bits per heavy atom. The molecule has 2 unspecified atom stereocenters. The largest absolute Gasteiger partial charge is 0.398 e. The number of nitrogens with two attached hydrogens (primary N) is 1. The number of nitrogens with one attached hydrogen (secondary N) is 1. The number of rotatable bonds is 3. The number of benzene rings is 1. The van der Waals surface area contributed by atoms with Crippen molar-refractivity contribution in [3.05, 3.63) is 22.4 Å². The SMILES string of the molecule is CC1CC(C)CC(NS(=O)(=O)c2cc(N)c(Br)cc2F)C1. The van der Waals surface area contributed by atoms with E-state index in [2.05, 4.69) is 34.5 Å². The average molecular weight is 379 g/mol. The minimum atomic E-state index is -3.90. The molecule has 1 aliphatic carbocycles. The van der Waals surface area contributed by atoms with Crippen LogP contribution >= 0.6 is 15.9 Å². The van der Waals surface area contributed by atoms with Crippen LogP contribution in [-0.2, 0) is 10.0 Å². The van der Waals surface area contributed by atoms with Gasteiger partial charge in [0.15, 0.2) is 0 Å². The molecule has 1 aliphatic rings. The highest BCUT2D eigenvalue weighted by molar-refractivity contribution is 9.10. The molecule has 0 radical (unpaired) electrons. The second-order valence-corrected chi connectivity index (χ2v) is 8.58. The van der Waals surface area contributed by atoms with Gasteiger partial charge >= 0.3 is 0 Å². The Hall–Kier alpha value is -0.660. The highest BCUT2D eigenvalue weighted by Crippen LogP contribution is 2.31. The van der Waals surface area contributed by atoms with Gasteiger partial charge in [-0.15, -0.1) is 0 Å². The van der Waals surface area contributed by atoms with Crippen molar-refractivity contribution >= 4 is 31.6 Å². The second kappa shape index (κ2) is 6.22. The smallest absolute Gasteiger partial charge is 0.243 e. The first kappa shape index (κ1) is 16.7. The number of halogens is 2. The molecule has 0 aliphatic heterocycles. The van der Waals surface area contributed by atoms with Crippen molar-refractivity contribution < 1.29 is 12.8 Å². The minimum absolute atomic E-state index is 0.155. The van der Waals surface area contributed by atoms with Crippen LogP contribution in [0.25, 0.3) is 0 Å². The van der Waals surface area contributed by atoms with Gasteiger partial charge in [0.1, 0.15) is 10.7 Å². The normalized spacial score (nSPS) is 26.8. The predicted molar refractivity (Wildman–Crippen MR) is 84.8 cm³/mol. The standard InChI is InChI=1S/C14H20BrFN2O2S/c1-8-3-9(2)5-10(4-8)18-21(19,20)14-7-13(17)11(15)6-12(14)16/h6-10,18H,3-5,17H2,1-2H3. The Balaban J connectivity index is 2.24. The average Bonchev–Trinajstić information content (AvgIpc) is 2.31. The topological polar surface area (TPSA) is 72.2 Å². The molecule has 21 heavy (non-hydrogen) atoms. The van der Waals surface area contributed by atoms with Crippen LogP contribution < -0.4 is 10.5 Å². The summed E-state index contributed by atoms with van der Waals surface area (Å²) in [5.41, 5.74) is 5.85. The maximum absolute atomic E-state index is 13.9. The van der Waals surface area contributed by atoms with Crippen LogP contribution in [0.1, 0.15) is 33.1 Å². The molecule has 118 valence electrons. The van der Waals surface area contributed by atoms with Gasteiger partial charge in [0.2, 0.25) is 10.0 Å². The Morgan fingerprint density at radius 1 is 1.24 bits per heavy atom. The Kier molecular flexibility index (Phi) is 4.95. The molecule has 0 spiro atoms. The fraction of sp³-hybridized carbons (Fsp3) is 0.571. The lowest BCUT2D eigenvalue weighted by molar-refractivity contribution is 0.257. The summed E-state index contributed by atoms with van der Waals surface area (Å²) in [6, 6.07) is 2.08. The zero-order valence-corrected chi connectivity index (χ0v) is 14.5. The molecule has 1 saturated carbocycles. The Bertz CT molecular complexity index is 626. The van der Waals surface area contributed by atoms with E-state index in [-0.39, 0.29) is 11.7 Å².